The number of likely N-dealkylation sites (tertiary alicyclic amines) is 1. The van der Waals surface area contributed by atoms with Gasteiger partial charge in [-0.2, -0.15) is 0 Å². The number of ether oxygens (including phenoxy) is 1. The van der Waals surface area contributed by atoms with Crippen molar-refractivity contribution >= 4 is 12.0 Å². The fourth-order valence-corrected chi connectivity index (χ4v) is 1.94. The van der Waals surface area contributed by atoms with Crippen LogP contribution in [-0.2, 0) is 9.53 Å². The number of carbonyl (C=O) groups excluding carboxylic acids is 1. The molecule has 0 aliphatic carbocycles. The highest BCUT2D eigenvalue weighted by Crippen LogP contribution is 2.17. The summed E-state index contributed by atoms with van der Waals surface area (Å²) in [6, 6.07) is -1.37. The van der Waals surface area contributed by atoms with Crippen molar-refractivity contribution in [2.45, 2.75) is 31.4 Å². The van der Waals surface area contributed by atoms with Crippen LogP contribution in [-0.4, -0.2) is 66.1 Å². The molecule has 18 heavy (non-hydrogen) atoms. The van der Waals surface area contributed by atoms with Gasteiger partial charge >= 0.3 is 12.0 Å². The third-order valence-corrected chi connectivity index (χ3v) is 2.88. The van der Waals surface area contributed by atoms with Crippen LogP contribution in [0.25, 0.3) is 0 Å². The summed E-state index contributed by atoms with van der Waals surface area (Å²) in [7, 11) is 1.61. The lowest BCUT2D eigenvalue weighted by molar-refractivity contribution is -0.141. The number of carboxylic acids is 1. The monoisotopic (exact) mass is 260 g/mol. The second-order valence-electron chi connectivity index (χ2n) is 4.33. The van der Waals surface area contributed by atoms with E-state index in [1.165, 1.54) is 4.90 Å². The number of aliphatic hydroxyl groups is 1. The van der Waals surface area contributed by atoms with E-state index in [0.717, 1.165) is 12.8 Å². The van der Waals surface area contributed by atoms with Crippen molar-refractivity contribution in [3.05, 3.63) is 0 Å². The molecule has 0 bridgehead atoms. The Morgan fingerprint density at radius 1 is 1.44 bits per heavy atom. The van der Waals surface area contributed by atoms with Crippen LogP contribution in [0.15, 0.2) is 0 Å². The van der Waals surface area contributed by atoms with E-state index in [1.807, 2.05) is 0 Å². The number of rotatable bonds is 6. The molecule has 2 unspecified atom stereocenters. The van der Waals surface area contributed by atoms with Crippen LogP contribution >= 0.6 is 0 Å². The molecule has 2 amide bonds. The van der Waals surface area contributed by atoms with Crippen molar-refractivity contribution < 1.29 is 24.5 Å². The predicted octanol–water partition coefficient (Wildman–Crippen LogP) is -0.358. The summed E-state index contributed by atoms with van der Waals surface area (Å²) in [5.41, 5.74) is 0. The van der Waals surface area contributed by atoms with Gasteiger partial charge in [-0.1, -0.05) is 0 Å². The fraction of sp³-hybridized carbons (Fsp3) is 0.818. The van der Waals surface area contributed by atoms with Crippen LogP contribution in [0.3, 0.4) is 0 Å². The van der Waals surface area contributed by atoms with Gasteiger partial charge in [0.05, 0.1) is 6.10 Å². The van der Waals surface area contributed by atoms with Crippen LogP contribution in [0.2, 0.25) is 0 Å². The Morgan fingerprint density at radius 3 is 2.78 bits per heavy atom. The molecule has 0 aromatic carbocycles. The largest absolute Gasteiger partial charge is 0.480 e. The third-order valence-electron chi connectivity index (χ3n) is 2.88. The van der Waals surface area contributed by atoms with E-state index in [-0.39, 0.29) is 13.0 Å². The van der Waals surface area contributed by atoms with Crippen LogP contribution in [0, 0.1) is 0 Å². The molecule has 0 radical (unpaired) electrons. The molecule has 0 aromatic heterocycles. The summed E-state index contributed by atoms with van der Waals surface area (Å²) in [5.74, 6) is -1.08. The molecule has 7 heteroatoms. The Bertz CT molecular complexity index is 297. The lowest BCUT2D eigenvalue weighted by Gasteiger charge is -2.21. The van der Waals surface area contributed by atoms with Crippen LogP contribution in [0.5, 0.6) is 0 Å². The van der Waals surface area contributed by atoms with Gasteiger partial charge in [0.2, 0.25) is 0 Å². The normalized spacial score (nSPS) is 23.1. The zero-order valence-electron chi connectivity index (χ0n) is 10.5. The molecule has 0 saturated carbocycles. The van der Waals surface area contributed by atoms with Gasteiger partial charge in [0, 0.05) is 33.2 Å². The number of nitrogens with one attached hydrogen (secondary N) is 1. The molecule has 3 N–H and O–H groups in total. The molecular formula is C11H20N2O5. The SMILES string of the molecule is COCCCCNC(=O)N1CC(O)CC1C(=O)O. The maximum atomic E-state index is 11.7. The van der Waals surface area contributed by atoms with Crippen molar-refractivity contribution in [1.29, 1.82) is 0 Å². The quantitative estimate of drug-likeness (QED) is 0.566. The summed E-state index contributed by atoms with van der Waals surface area (Å²) in [6.45, 7) is 1.18. The van der Waals surface area contributed by atoms with Gasteiger partial charge in [0.25, 0.3) is 0 Å². The van der Waals surface area contributed by atoms with Gasteiger partial charge in [-0.05, 0) is 12.8 Å². The number of aliphatic hydroxyl groups excluding tert-OH is 1. The van der Waals surface area contributed by atoms with E-state index in [4.69, 9.17) is 9.84 Å². The van der Waals surface area contributed by atoms with Crippen molar-refractivity contribution in [1.82, 2.24) is 10.2 Å². The highest BCUT2D eigenvalue weighted by atomic mass is 16.5. The van der Waals surface area contributed by atoms with Gasteiger partial charge in [0.15, 0.2) is 0 Å². The zero-order chi connectivity index (χ0) is 13.5. The van der Waals surface area contributed by atoms with Crippen molar-refractivity contribution in [2.75, 3.05) is 26.8 Å². The average molecular weight is 260 g/mol. The van der Waals surface area contributed by atoms with E-state index in [2.05, 4.69) is 5.32 Å². The molecule has 0 spiro atoms. The van der Waals surface area contributed by atoms with Gasteiger partial charge < -0.3 is 25.2 Å². The molecular weight excluding hydrogens is 240 g/mol. The van der Waals surface area contributed by atoms with Crippen molar-refractivity contribution in [3.8, 4) is 0 Å². The van der Waals surface area contributed by atoms with Crippen LogP contribution in [0.4, 0.5) is 4.79 Å². The molecule has 2 atom stereocenters. The summed E-state index contributed by atoms with van der Waals surface area (Å²) < 4.78 is 4.88. The Labute approximate surface area is 106 Å². The van der Waals surface area contributed by atoms with E-state index >= 15 is 0 Å². The highest BCUT2D eigenvalue weighted by molar-refractivity contribution is 5.83. The van der Waals surface area contributed by atoms with E-state index in [0.29, 0.717) is 13.2 Å². The maximum absolute atomic E-state index is 11.7. The second kappa shape index (κ2) is 7.17. The molecule has 1 saturated heterocycles. The number of unbranched alkanes of at least 4 members (excludes halogenated alkanes) is 1. The first-order valence-electron chi connectivity index (χ1n) is 6.00. The molecule has 1 heterocycles. The Morgan fingerprint density at radius 2 is 2.17 bits per heavy atom. The van der Waals surface area contributed by atoms with Crippen molar-refractivity contribution in [2.24, 2.45) is 0 Å². The van der Waals surface area contributed by atoms with Gasteiger partial charge in [-0.3, -0.25) is 0 Å². The van der Waals surface area contributed by atoms with E-state index < -0.39 is 24.1 Å². The Balaban J connectivity index is 2.33. The first-order valence-corrected chi connectivity index (χ1v) is 6.00. The molecule has 1 aliphatic heterocycles. The standard InChI is InChI=1S/C11H20N2O5/c1-18-5-3-2-4-12-11(17)13-7-8(14)6-9(13)10(15)16/h8-9,14H,2-7H2,1H3,(H,12,17)(H,15,16). The summed E-state index contributed by atoms with van der Waals surface area (Å²) in [4.78, 5) is 23.8. The first-order chi connectivity index (χ1) is 8.56. The summed E-state index contributed by atoms with van der Waals surface area (Å²) >= 11 is 0. The number of amides is 2. The van der Waals surface area contributed by atoms with Gasteiger partial charge in [0.1, 0.15) is 6.04 Å². The van der Waals surface area contributed by atoms with Gasteiger partial charge in [-0.25, -0.2) is 9.59 Å². The number of carbonyl (C=O) groups is 2. The molecule has 0 aromatic rings. The van der Waals surface area contributed by atoms with Crippen molar-refractivity contribution in [3.63, 3.8) is 0 Å². The molecule has 104 valence electrons. The number of aliphatic carboxylic acids is 1. The number of methoxy groups -OCH3 is 1. The zero-order valence-corrected chi connectivity index (χ0v) is 10.5. The first kappa shape index (κ1) is 14.7. The van der Waals surface area contributed by atoms with E-state index in [9.17, 15) is 14.7 Å². The van der Waals surface area contributed by atoms with Crippen LogP contribution in [0.1, 0.15) is 19.3 Å². The van der Waals surface area contributed by atoms with Gasteiger partial charge in [-0.15, -0.1) is 0 Å². The van der Waals surface area contributed by atoms with E-state index in [1.54, 1.807) is 7.11 Å². The summed E-state index contributed by atoms with van der Waals surface area (Å²) in [6.07, 6.45) is 0.937. The Hall–Kier alpha value is -1.34. The average Bonchev–Trinajstić information content (AvgIpc) is 2.71. The smallest absolute Gasteiger partial charge is 0.326 e. The molecule has 1 aliphatic rings. The topological polar surface area (TPSA) is 99.1 Å². The fourth-order valence-electron chi connectivity index (χ4n) is 1.94. The number of nitrogens with zero attached hydrogens (tertiary/aromatic N) is 1. The Kier molecular flexibility index (Phi) is 5.87. The number of urea groups is 1. The number of hydrogen-bond donors (Lipinski definition) is 3. The van der Waals surface area contributed by atoms with Crippen LogP contribution < -0.4 is 5.32 Å². The third kappa shape index (κ3) is 4.15. The highest BCUT2D eigenvalue weighted by Gasteiger charge is 2.38. The lowest BCUT2D eigenvalue weighted by atomic mass is 10.2. The predicted molar refractivity (Wildman–Crippen MR) is 63.3 cm³/mol. The lowest BCUT2D eigenvalue weighted by Crippen LogP contribution is -2.46. The number of carboxylic acid groups (broad SMARTS) is 1. The number of hydrogen-bond acceptors (Lipinski definition) is 4. The molecule has 1 fully saturated rings. The minimum Gasteiger partial charge on any atom is -0.480 e. The number of β-amino-alcohol motifs (C(OH)–C–C–N with tert-alkyl or cyclic N) is 1. The second-order valence-corrected chi connectivity index (χ2v) is 4.33. The molecule has 1 rings (SSSR count). The minimum absolute atomic E-state index is 0.0703. The minimum atomic E-state index is -1.08. The summed E-state index contributed by atoms with van der Waals surface area (Å²) in [5, 5.41) is 21.0. The maximum Gasteiger partial charge on any atom is 0.326 e. The molecule has 7 nitrogen and oxygen atoms in total.